The van der Waals surface area contributed by atoms with Crippen LogP contribution in [-0.4, -0.2) is 0 Å². The fraction of sp³-hybridized carbons (Fsp3) is 1.00. The van der Waals surface area contributed by atoms with Gasteiger partial charge in [-0.05, 0) is 104 Å². The van der Waals surface area contributed by atoms with Crippen molar-refractivity contribution in [1.29, 1.82) is 0 Å². The minimum absolute atomic E-state index is 0.677. The van der Waals surface area contributed by atoms with Crippen LogP contribution in [0.25, 0.3) is 0 Å². The summed E-state index contributed by atoms with van der Waals surface area (Å²) >= 11 is 0. The molecule has 0 N–H and O–H groups in total. The summed E-state index contributed by atoms with van der Waals surface area (Å²) in [4.78, 5) is 0. The van der Waals surface area contributed by atoms with Crippen LogP contribution < -0.4 is 0 Å². The van der Waals surface area contributed by atoms with Crippen LogP contribution in [-0.2, 0) is 0 Å². The summed E-state index contributed by atoms with van der Waals surface area (Å²) in [5.74, 6) is 7.15. The van der Waals surface area contributed by atoms with Gasteiger partial charge in [0, 0.05) is 0 Å². The summed E-state index contributed by atoms with van der Waals surface area (Å²) in [5.41, 5.74) is 1.39. The zero-order chi connectivity index (χ0) is 19.2. The van der Waals surface area contributed by atoms with Gasteiger partial charge in [-0.3, -0.25) is 0 Å². The van der Waals surface area contributed by atoms with Gasteiger partial charge in [-0.15, -0.1) is 0 Å². The van der Waals surface area contributed by atoms with Crippen LogP contribution in [0.4, 0.5) is 0 Å². The normalized spacial score (nSPS) is 48.0. The summed E-state index contributed by atoms with van der Waals surface area (Å²) in [7, 11) is 0. The Labute approximate surface area is 170 Å². The van der Waals surface area contributed by atoms with Gasteiger partial charge < -0.3 is 0 Å². The molecule has 27 heavy (non-hydrogen) atoms. The predicted octanol–water partition coefficient (Wildman–Crippen LogP) is 8.50. The fourth-order valence-corrected chi connectivity index (χ4v) is 9.32. The van der Waals surface area contributed by atoms with Crippen LogP contribution in [0, 0.1) is 52.3 Å². The lowest BCUT2D eigenvalue weighted by Crippen LogP contribution is -2.53. The maximum atomic E-state index is 2.75. The Kier molecular flexibility index (Phi) is 5.77. The summed E-state index contributed by atoms with van der Waals surface area (Å²) in [5, 5.41) is 0. The fourth-order valence-electron chi connectivity index (χ4n) is 9.32. The van der Waals surface area contributed by atoms with Crippen molar-refractivity contribution in [1.82, 2.24) is 0 Å². The van der Waals surface area contributed by atoms with Crippen LogP contribution in [0.3, 0.4) is 0 Å². The average molecular weight is 373 g/mol. The molecule has 4 rings (SSSR count). The first kappa shape index (κ1) is 20.3. The molecule has 0 aromatic rings. The molecule has 4 aliphatic carbocycles. The topological polar surface area (TPSA) is 0 Å². The molecule has 0 unspecified atom stereocenters. The zero-order valence-corrected chi connectivity index (χ0v) is 19.2. The van der Waals surface area contributed by atoms with Gasteiger partial charge >= 0.3 is 0 Å². The summed E-state index contributed by atoms with van der Waals surface area (Å²) in [6, 6.07) is 0. The van der Waals surface area contributed by atoms with Crippen molar-refractivity contribution < 1.29 is 0 Å². The van der Waals surface area contributed by atoms with E-state index in [9.17, 15) is 0 Å². The minimum Gasteiger partial charge on any atom is -0.0628 e. The Morgan fingerprint density at radius 2 is 1.52 bits per heavy atom. The Morgan fingerprint density at radius 3 is 2.30 bits per heavy atom. The van der Waals surface area contributed by atoms with Crippen molar-refractivity contribution in [3.8, 4) is 0 Å². The predicted molar refractivity (Wildman–Crippen MR) is 118 cm³/mol. The van der Waals surface area contributed by atoms with Crippen LogP contribution >= 0.6 is 0 Å². The highest BCUT2D eigenvalue weighted by molar-refractivity contribution is 5.09. The molecule has 0 nitrogen and oxygen atoms in total. The van der Waals surface area contributed by atoms with Crippen LogP contribution in [0.15, 0.2) is 0 Å². The Hall–Kier alpha value is 0. The number of rotatable bonds is 5. The van der Waals surface area contributed by atoms with E-state index >= 15 is 0 Å². The molecular formula is C27H48. The van der Waals surface area contributed by atoms with Crippen molar-refractivity contribution in [3.05, 3.63) is 0 Å². The lowest BCUT2D eigenvalue weighted by atomic mass is 9.44. The second-order valence-corrected chi connectivity index (χ2v) is 12.4. The highest BCUT2D eigenvalue weighted by Gasteiger charge is 2.59. The maximum absolute atomic E-state index is 2.75. The summed E-state index contributed by atoms with van der Waals surface area (Å²) < 4.78 is 0. The molecule has 0 amide bonds. The first-order chi connectivity index (χ1) is 12.9. The molecule has 0 spiro atoms. The standard InChI is InChI=1S/C27H48/c1-19(2)9-8-10-20(3)23-14-15-24-22-13-12-21-11-6-7-17-26(21,4)25(22)16-18-27(23,24)5/h19-25H,6-18H2,1-5H3/t20-,21-,22-,23+,24+,25-,26+,27-/m1/s1. The minimum atomic E-state index is 0.677. The van der Waals surface area contributed by atoms with Gasteiger partial charge in [-0.2, -0.15) is 0 Å². The molecule has 4 fully saturated rings. The van der Waals surface area contributed by atoms with E-state index in [2.05, 4.69) is 34.6 Å². The molecule has 0 aromatic heterocycles. The molecule has 4 aliphatic rings. The van der Waals surface area contributed by atoms with Crippen molar-refractivity contribution in [2.75, 3.05) is 0 Å². The smallest absolute Gasteiger partial charge is 0.0264 e. The van der Waals surface area contributed by atoms with E-state index in [0.29, 0.717) is 10.8 Å². The molecule has 0 radical (unpaired) electrons. The van der Waals surface area contributed by atoms with Gasteiger partial charge in [0.15, 0.2) is 0 Å². The lowest BCUT2D eigenvalue weighted by Gasteiger charge is -2.61. The molecule has 0 heteroatoms. The average Bonchev–Trinajstić information content (AvgIpc) is 2.98. The highest BCUT2D eigenvalue weighted by atomic mass is 14.6. The molecular weight excluding hydrogens is 324 g/mol. The van der Waals surface area contributed by atoms with Gasteiger partial charge in [0.1, 0.15) is 0 Å². The molecule has 0 bridgehead atoms. The largest absolute Gasteiger partial charge is 0.0628 e. The molecule has 0 aliphatic heterocycles. The van der Waals surface area contributed by atoms with E-state index in [0.717, 1.165) is 41.4 Å². The molecule has 4 saturated carbocycles. The van der Waals surface area contributed by atoms with Crippen LogP contribution in [0.1, 0.15) is 118 Å². The number of hydrogen-bond acceptors (Lipinski definition) is 0. The summed E-state index contributed by atoms with van der Waals surface area (Å²) in [6.07, 6.45) is 19.9. The molecule has 8 atom stereocenters. The van der Waals surface area contributed by atoms with E-state index in [-0.39, 0.29) is 0 Å². The SMILES string of the molecule is CC(C)CCC[C@@H](C)[C@@H]1CC[C@H]2[C@H]3CC[C@H]4CCCC[C@]4(C)[C@@H]3CC[C@@]21C. The van der Waals surface area contributed by atoms with Gasteiger partial charge in [-0.1, -0.05) is 66.7 Å². The second kappa shape index (κ2) is 7.68. The van der Waals surface area contributed by atoms with Crippen molar-refractivity contribution in [3.63, 3.8) is 0 Å². The third kappa shape index (κ3) is 3.44. The van der Waals surface area contributed by atoms with Gasteiger partial charge in [-0.25, -0.2) is 0 Å². The Balaban J connectivity index is 1.46. The molecule has 156 valence electrons. The van der Waals surface area contributed by atoms with Crippen molar-refractivity contribution in [2.24, 2.45) is 52.3 Å². The van der Waals surface area contributed by atoms with Gasteiger partial charge in [0.25, 0.3) is 0 Å². The Bertz CT molecular complexity index is 506. The lowest BCUT2D eigenvalue weighted by molar-refractivity contribution is -0.114. The molecule has 0 heterocycles. The quantitative estimate of drug-likeness (QED) is 0.453. The Morgan fingerprint density at radius 1 is 0.741 bits per heavy atom. The van der Waals surface area contributed by atoms with Crippen LogP contribution in [0.2, 0.25) is 0 Å². The monoisotopic (exact) mass is 372 g/mol. The first-order valence-electron chi connectivity index (χ1n) is 12.9. The number of fused-ring (bicyclic) bond motifs is 5. The van der Waals surface area contributed by atoms with E-state index in [4.69, 9.17) is 0 Å². The van der Waals surface area contributed by atoms with E-state index in [1.165, 1.54) is 32.1 Å². The van der Waals surface area contributed by atoms with E-state index in [1.807, 2.05) is 0 Å². The van der Waals surface area contributed by atoms with Crippen molar-refractivity contribution >= 4 is 0 Å². The second-order valence-electron chi connectivity index (χ2n) is 12.4. The van der Waals surface area contributed by atoms with Gasteiger partial charge in [0.2, 0.25) is 0 Å². The third-order valence-electron chi connectivity index (χ3n) is 10.8. The summed E-state index contributed by atoms with van der Waals surface area (Å²) in [6.45, 7) is 12.9. The maximum Gasteiger partial charge on any atom is -0.0264 e. The highest BCUT2D eigenvalue weighted by Crippen LogP contribution is 2.68. The third-order valence-corrected chi connectivity index (χ3v) is 10.8. The van der Waals surface area contributed by atoms with Crippen molar-refractivity contribution in [2.45, 2.75) is 118 Å². The first-order valence-corrected chi connectivity index (χ1v) is 12.9. The van der Waals surface area contributed by atoms with Crippen LogP contribution in [0.5, 0.6) is 0 Å². The molecule has 0 aromatic carbocycles. The van der Waals surface area contributed by atoms with E-state index < -0.39 is 0 Å². The van der Waals surface area contributed by atoms with Gasteiger partial charge in [0.05, 0.1) is 0 Å². The molecule has 0 saturated heterocycles. The number of hydrogen-bond donors (Lipinski definition) is 0. The van der Waals surface area contributed by atoms with E-state index in [1.54, 1.807) is 51.4 Å². The zero-order valence-electron chi connectivity index (χ0n) is 19.2.